The molecule has 0 aromatic heterocycles. The van der Waals surface area contributed by atoms with Gasteiger partial charge in [-0.3, -0.25) is 9.52 Å². The number of aliphatic hydroxyl groups is 1. The maximum absolute atomic E-state index is 14.1. The number of fused-ring (bicyclic) bond motifs is 1. The summed E-state index contributed by atoms with van der Waals surface area (Å²) in [4.78, 5) is 17.9. The maximum atomic E-state index is 14.1. The van der Waals surface area contributed by atoms with E-state index in [1.807, 2.05) is 27.9 Å². The molecule has 9 nitrogen and oxygen atoms in total. The number of nitrogens with one attached hydrogen (secondary N) is 1. The predicted molar refractivity (Wildman–Crippen MR) is 153 cm³/mol. The number of carbonyl (C=O) groups is 1. The van der Waals surface area contributed by atoms with Crippen molar-refractivity contribution in [3.05, 3.63) is 54.1 Å². The Morgan fingerprint density at radius 2 is 1.85 bits per heavy atom. The molecule has 39 heavy (non-hydrogen) atoms. The Hall–Kier alpha value is -2.66. The molecular weight excluding hydrogens is 518 g/mol. The van der Waals surface area contributed by atoms with Gasteiger partial charge in [-0.05, 0) is 77.5 Å². The van der Waals surface area contributed by atoms with E-state index >= 15 is 0 Å². The molecule has 3 rings (SSSR count). The summed E-state index contributed by atoms with van der Waals surface area (Å²) in [7, 11) is 0.132. The average molecular weight is 562 g/mol. The summed E-state index contributed by atoms with van der Waals surface area (Å²) < 4.78 is 41.0. The van der Waals surface area contributed by atoms with Gasteiger partial charge in [0.05, 0.1) is 35.3 Å². The van der Waals surface area contributed by atoms with Crippen LogP contribution in [0.3, 0.4) is 0 Å². The first-order valence-electron chi connectivity index (χ1n) is 13.6. The quantitative estimate of drug-likeness (QED) is 0.529. The molecule has 1 heterocycles. The molecule has 0 saturated heterocycles. The number of anilines is 1. The van der Waals surface area contributed by atoms with Gasteiger partial charge in [0.25, 0.3) is 15.9 Å². The monoisotopic (exact) mass is 561 g/mol. The summed E-state index contributed by atoms with van der Waals surface area (Å²) in [5.41, 5.74) is 0.492. The van der Waals surface area contributed by atoms with Crippen LogP contribution in [0.25, 0.3) is 0 Å². The lowest BCUT2D eigenvalue weighted by Crippen LogP contribution is -2.47. The molecule has 0 radical (unpaired) electrons. The Morgan fingerprint density at radius 1 is 1.13 bits per heavy atom. The van der Waals surface area contributed by atoms with Crippen LogP contribution in [-0.2, 0) is 14.8 Å². The lowest BCUT2D eigenvalue weighted by atomic mass is 10.0. The molecule has 0 aliphatic carbocycles. The van der Waals surface area contributed by atoms with Gasteiger partial charge < -0.3 is 24.4 Å². The number of aliphatic hydroxyl groups excluding tert-OH is 1. The maximum Gasteiger partial charge on any atom is 0.261 e. The Labute approximate surface area is 233 Å². The van der Waals surface area contributed by atoms with Crippen LogP contribution in [-0.4, -0.2) is 87.9 Å². The van der Waals surface area contributed by atoms with Gasteiger partial charge >= 0.3 is 0 Å². The fraction of sp³-hybridized carbons (Fsp3) is 0.552. The molecule has 10 heteroatoms. The normalized spacial score (nSPS) is 22.5. The highest BCUT2D eigenvalue weighted by molar-refractivity contribution is 7.92. The first-order valence-corrected chi connectivity index (χ1v) is 15.1. The van der Waals surface area contributed by atoms with E-state index in [0.717, 1.165) is 19.3 Å². The van der Waals surface area contributed by atoms with Gasteiger partial charge in [0.15, 0.2) is 0 Å². The van der Waals surface area contributed by atoms with Crippen LogP contribution in [0.2, 0.25) is 0 Å². The molecule has 4 atom stereocenters. The highest BCUT2D eigenvalue weighted by Crippen LogP contribution is 2.29. The van der Waals surface area contributed by atoms with Crippen LogP contribution >= 0.6 is 0 Å². The first-order chi connectivity index (χ1) is 18.5. The number of sulfonamides is 1. The highest BCUT2D eigenvalue weighted by Gasteiger charge is 2.30. The minimum Gasteiger partial charge on any atom is -0.490 e. The third-order valence-electron chi connectivity index (χ3n) is 6.90. The summed E-state index contributed by atoms with van der Waals surface area (Å²) in [5.74, 6) is 0.0273. The van der Waals surface area contributed by atoms with Crippen molar-refractivity contribution in [3.63, 3.8) is 0 Å². The number of rotatable bonds is 7. The SMILES string of the molecule is C[C@@H]1CCCCO[C@H](CN(C)C)[C@H](C)CN([C@@H](C)CO)C(=O)c2cc(NS(=O)(=O)c3ccccc3)ccc2O1. The van der Waals surface area contributed by atoms with E-state index < -0.39 is 16.1 Å². The molecule has 1 aliphatic rings. The fourth-order valence-electron chi connectivity index (χ4n) is 4.62. The summed E-state index contributed by atoms with van der Waals surface area (Å²) in [6.45, 7) is 7.27. The molecular formula is C29H43N3O6S. The minimum absolute atomic E-state index is 0.0173. The molecule has 0 fully saturated rings. The molecule has 0 spiro atoms. The number of likely N-dealkylation sites (N-methyl/N-ethyl adjacent to an activating group) is 1. The standard InChI is InChI=1S/C29H43N3O6S/c1-21-18-32(22(2)20-33)29(34)26-17-24(30-39(35,36)25-12-7-6-8-13-25)14-15-27(26)38-23(3)11-9-10-16-37-28(21)19-31(4)5/h6-8,12-15,17,21-23,28,30,33H,9-11,16,18-20H2,1-5H3/t21-,22+,23-,28-/m1/s1. The molecule has 216 valence electrons. The van der Waals surface area contributed by atoms with Crippen molar-refractivity contribution in [3.8, 4) is 5.75 Å². The zero-order valence-corrected chi connectivity index (χ0v) is 24.5. The summed E-state index contributed by atoms with van der Waals surface area (Å²) in [6, 6.07) is 12.4. The van der Waals surface area contributed by atoms with Gasteiger partial charge in [-0.1, -0.05) is 25.1 Å². The summed E-state index contributed by atoms with van der Waals surface area (Å²) in [6.07, 6.45) is 2.33. The third kappa shape index (κ3) is 8.66. The molecule has 1 aliphatic heterocycles. The lowest BCUT2D eigenvalue weighted by molar-refractivity contribution is -0.0137. The van der Waals surface area contributed by atoms with E-state index in [-0.39, 0.29) is 46.8 Å². The minimum atomic E-state index is -3.86. The molecule has 0 unspecified atom stereocenters. The fourth-order valence-corrected chi connectivity index (χ4v) is 5.69. The van der Waals surface area contributed by atoms with Crippen molar-refractivity contribution in [1.29, 1.82) is 0 Å². The molecule has 2 N–H and O–H groups in total. The van der Waals surface area contributed by atoms with Crippen LogP contribution in [0, 0.1) is 5.92 Å². The van der Waals surface area contributed by atoms with E-state index in [1.54, 1.807) is 42.2 Å². The predicted octanol–water partition coefficient (Wildman–Crippen LogP) is 3.84. The second-order valence-electron chi connectivity index (χ2n) is 10.7. The highest BCUT2D eigenvalue weighted by atomic mass is 32.2. The number of carbonyl (C=O) groups excluding carboxylic acids is 1. The van der Waals surface area contributed by atoms with Crippen LogP contribution in [0.15, 0.2) is 53.4 Å². The van der Waals surface area contributed by atoms with Crippen molar-refractivity contribution in [1.82, 2.24) is 9.80 Å². The Kier molecular flexibility index (Phi) is 11.2. The van der Waals surface area contributed by atoms with Crippen LogP contribution in [0.5, 0.6) is 5.75 Å². The number of benzene rings is 2. The molecule has 1 amide bonds. The summed E-state index contributed by atoms with van der Waals surface area (Å²) >= 11 is 0. The van der Waals surface area contributed by atoms with Gasteiger partial charge in [-0.2, -0.15) is 0 Å². The number of nitrogens with zero attached hydrogens (tertiary/aromatic N) is 2. The zero-order valence-electron chi connectivity index (χ0n) is 23.7. The second kappa shape index (κ2) is 14.1. The second-order valence-corrected chi connectivity index (χ2v) is 12.4. The molecule has 2 aromatic rings. The largest absolute Gasteiger partial charge is 0.490 e. The van der Waals surface area contributed by atoms with Crippen molar-refractivity contribution in [2.24, 2.45) is 5.92 Å². The Bertz CT molecular complexity index is 1170. The van der Waals surface area contributed by atoms with E-state index in [1.165, 1.54) is 18.2 Å². The Balaban J connectivity index is 2.02. The van der Waals surface area contributed by atoms with Gasteiger partial charge in [0.1, 0.15) is 5.75 Å². The number of hydrogen-bond acceptors (Lipinski definition) is 7. The molecule has 0 bridgehead atoms. The van der Waals surface area contributed by atoms with E-state index in [2.05, 4.69) is 9.62 Å². The number of ether oxygens (including phenoxy) is 2. The van der Waals surface area contributed by atoms with E-state index in [4.69, 9.17) is 9.47 Å². The van der Waals surface area contributed by atoms with Crippen LogP contribution in [0.4, 0.5) is 5.69 Å². The zero-order chi connectivity index (χ0) is 28.6. The van der Waals surface area contributed by atoms with Crippen molar-refractivity contribution >= 4 is 21.6 Å². The average Bonchev–Trinajstić information content (AvgIpc) is 2.90. The number of amides is 1. The van der Waals surface area contributed by atoms with E-state index in [9.17, 15) is 18.3 Å². The van der Waals surface area contributed by atoms with Crippen LogP contribution < -0.4 is 9.46 Å². The van der Waals surface area contributed by atoms with Gasteiger partial charge in [-0.25, -0.2) is 8.42 Å². The van der Waals surface area contributed by atoms with Gasteiger partial charge in [0, 0.05) is 31.3 Å². The number of hydrogen-bond donors (Lipinski definition) is 2. The topological polar surface area (TPSA) is 108 Å². The smallest absolute Gasteiger partial charge is 0.261 e. The van der Waals surface area contributed by atoms with Crippen molar-refractivity contribution in [2.75, 3.05) is 45.1 Å². The molecule has 0 saturated carbocycles. The van der Waals surface area contributed by atoms with Crippen molar-refractivity contribution in [2.45, 2.75) is 63.2 Å². The summed E-state index contributed by atoms with van der Waals surface area (Å²) in [5, 5.41) is 10.0. The third-order valence-corrected chi connectivity index (χ3v) is 8.30. The lowest BCUT2D eigenvalue weighted by Gasteiger charge is -2.35. The Morgan fingerprint density at radius 3 is 2.51 bits per heavy atom. The van der Waals surface area contributed by atoms with E-state index in [0.29, 0.717) is 25.4 Å². The van der Waals surface area contributed by atoms with Gasteiger partial charge in [0.2, 0.25) is 0 Å². The van der Waals surface area contributed by atoms with Gasteiger partial charge in [-0.15, -0.1) is 0 Å². The molecule has 2 aromatic carbocycles. The van der Waals surface area contributed by atoms with Crippen LogP contribution in [0.1, 0.15) is 50.4 Å². The first kappa shape index (κ1) is 30.9. The van der Waals surface area contributed by atoms with Crippen molar-refractivity contribution < 1.29 is 27.8 Å².